The van der Waals surface area contributed by atoms with E-state index < -0.39 is 0 Å². The van der Waals surface area contributed by atoms with Crippen LogP contribution in [0.25, 0.3) is 0 Å². The third-order valence-electron chi connectivity index (χ3n) is 3.91. The van der Waals surface area contributed by atoms with Crippen LogP contribution in [0.3, 0.4) is 0 Å². The number of amides is 1. The third-order valence-corrected chi connectivity index (χ3v) is 4.81. The first-order chi connectivity index (χ1) is 11.4. The summed E-state index contributed by atoms with van der Waals surface area (Å²) in [6.45, 7) is 6.10. The predicted molar refractivity (Wildman–Crippen MR) is 96.0 cm³/mol. The van der Waals surface area contributed by atoms with Gasteiger partial charge in [0.25, 0.3) is 5.91 Å². The third kappa shape index (κ3) is 4.09. The molecule has 128 valence electrons. The molecule has 1 atom stereocenters. The number of para-hydroxylation sites is 1. The van der Waals surface area contributed by atoms with Crippen LogP contribution in [0.1, 0.15) is 31.2 Å². The number of hydrogen-bond donors (Lipinski definition) is 1. The Morgan fingerprint density at radius 3 is 2.96 bits per heavy atom. The molecule has 1 aliphatic heterocycles. The van der Waals surface area contributed by atoms with Crippen molar-refractivity contribution in [2.45, 2.75) is 45.3 Å². The lowest BCUT2D eigenvalue weighted by molar-refractivity contribution is -0.123. The van der Waals surface area contributed by atoms with Crippen molar-refractivity contribution in [2.24, 2.45) is 0 Å². The highest BCUT2D eigenvalue weighted by molar-refractivity contribution is 7.09. The van der Waals surface area contributed by atoms with Crippen molar-refractivity contribution in [3.8, 4) is 11.5 Å². The monoisotopic (exact) mass is 345 g/mol. The zero-order valence-electron chi connectivity index (χ0n) is 14.3. The number of hydrogen-bond acceptors (Lipinski definition) is 4. The van der Waals surface area contributed by atoms with Gasteiger partial charge in [-0.1, -0.05) is 18.2 Å². The summed E-state index contributed by atoms with van der Waals surface area (Å²) in [5.74, 6) is 1.29. The highest BCUT2D eigenvalue weighted by atomic mass is 32.1. The molecule has 0 radical (unpaired) electrons. The lowest BCUT2D eigenvalue weighted by Crippen LogP contribution is -2.37. The molecule has 0 bridgehead atoms. The van der Waals surface area contributed by atoms with E-state index in [4.69, 9.17) is 9.47 Å². The van der Waals surface area contributed by atoms with E-state index in [1.807, 2.05) is 36.6 Å². The molecule has 1 amide bonds. The smallest absolute Gasteiger partial charge is 0.258 e. The van der Waals surface area contributed by atoms with Gasteiger partial charge in [0.15, 0.2) is 18.1 Å². The van der Waals surface area contributed by atoms with E-state index in [9.17, 15) is 4.79 Å². The van der Waals surface area contributed by atoms with Crippen molar-refractivity contribution >= 4 is 17.2 Å². The van der Waals surface area contributed by atoms with Crippen molar-refractivity contribution < 1.29 is 14.3 Å². The second-order valence-electron chi connectivity index (χ2n) is 6.82. The predicted octanol–water partition coefficient (Wildman–Crippen LogP) is 3.59. The number of ether oxygens (including phenoxy) is 2. The first-order valence-electron chi connectivity index (χ1n) is 8.18. The number of thiophene rings is 1. The van der Waals surface area contributed by atoms with Crippen LogP contribution < -0.4 is 14.8 Å². The fourth-order valence-electron chi connectivity index (χ4n) is 2.94. The molecular formula is C19H23NO3S. The van der Waals surface area contributed by atoms with Gasteiger partial charge in [0, 0.05) is 29.3 Å². The zero-order valence-corrected chi connectivity index (χ0v) is 15.1. The molecule has 1 N–H and O–H groups in total. The first kappa shape index (κ1) is 16.8. The Hall–Kier alpha value is -2.01. The molecule has 0 spiro atoms. The Morgan fingerprint density at radius 1 is 1.38 bits per heavy atom. The lowest BCUT2D eigenvalue weighted by atomic mass is 10.0. The highest BCUT2D eigenvalue weighted by Crippen LogP contribution is 2.41. The maximum absolute atomic E-state index is 12.1. The summed E-state index contributed by atoms with van der Waals surface area (Å²) in [5.41, 5.74) is 0.906. The standard InChI is InChI=1S/C19H23NO3S/c1-13(10-15-7-5-9-24-15)20-17(21)12-22-16-8-4-6-14-11-19(2,3)23-18(14)16/h4-9,13H,10-12H2,1-3H3,(H,20,21)/t13-/m0/s1. The molecule has 4 nitrogen and oxygen atoms in total. The van der Waals surface area contributed by atoms with Gasteiger partial charge in [-0.15, -0.1) is 11.3 Å². The summed E-state index contributed by atoms with van der Waals surface area (Å²) < 4.78 is 11.7. The molecule has 3 rings (SSSR count). The molecule has 1 aromatic heterocycles. The maximum atomic E-state index is 12.1. The number of carbonyl (C=O) groups is 1. The van der Waals surface area contributed by atoms with Gasteiger partial charge in [0.2, 0.25) is 0 Å². The van der Waals surface area contributed by atoms with Crippen LogP contribution in [0.2, 0.25) is 0 Å². The molecule has 0 saturated carbocycles. The van der Waals surface area contributed by atoms with Crippen LogP contribution in [-0.2, 0) is 17.6 Å². The summed E-state index contributed by atoms with van der Waals surface area (Å²) in [4.78, 5) is 13.4. The average molecular weight is 345 g/mol. The van der Waals surface area contributed by atoms with Gasteiger partial charge >= 0.3 is 0 Å². The normalized spacial score (nSPS) is 16.1. The van der Waals surface area contributed by atoms with Crippen molar-refractivity contribution in [1.82, 2.24) is 5.32 Å². The molecule has 1 aromatic carbocycles. The van der Waals surface area contributed by atoms with Gasteiger partial charge in [0.05, 0.1) is 0 Å². The first-order valence-corrected chi connectivity index (χ1v) is 9.06. The molecule has 1 aliphatic rings. The van der Waals surface area contributed by atoms with Gasteiger partial charge in [-0.25, -0.2) is 0 Å². The summed E-state index contributed by atoms with van der Waals surface area (Å²) in [5, 5.41) is 5.02. The van der Waals surface area contributed by atoms with Gasteiger partial charge in [-0.3, -0.25) is 4.79 Å². The van der Waals surface area contributed by atoms with Gasteiger partial charge in [0.1, 0.15) is 5.60 Å². The van der Waals surface area contributed by atoms with E-state index in [0.29, 0.717) is 5.75 Å². The minimum Gasteiger partial charge on any atom is -0.483 e. The van der Waals surface area contributed by atoms with E-state index in [-0.39, 0.29) is 24.2 Å². The number of nitrogens with one attached hydrogen (secondary N) is 1. The summed E-state index contributed by atoms with van der Waals surface area (Å²) >= 11 is 1.70. The Morgan fingerprint density at radius 2 is 2.21 bits per heavy atom. The number of carbonyl (C=O) groups excluding carboxylic acids is 1. The molecule has 24 heavy (non-hydrogen) atoms. The molecule has 0 fully saturated rings. The number of fused-ring (bicyclic) bond motifs is 1. The van der Waals surface area contributed by atoms with E-state index >= 15 is 0 Å². The topological polar surface area (TPSA) is 47.6 Å². The van der Waals surface area contributed by atoms with Crippen LogP contribution in [0.4, 0.5) is 0 Å². The van der Waals surface area contributed by atoms with Crippen molar-refractivity contribution in [3.63, 3.8) is 0 Å². The second kappa shape index (κ2) is 6.85. The Balaban J connectivity index is 1.53. The van der Waals surface area contributed by atoms with Crippen molar-refractivity contribution in [2.75, 3.05) is 6.61 Å². The SMILES string of the molecule is C[C@@H](Cc1cccs1)NC(=O)COc1cccc2c1OC(C)(C)C2. The minimum atomic E-state index is -0.223. The van der Waals surface area contributed by atoms with Crippen LogP contribution in [0, 0.1) is 0 Å². The van der Waals surface area contributed by atoms with Crippen molar-refractivity contribution in [3.05, 3.63) is 46.2 Å². The van der Waals surface area contributed by atoms with E-state index in [1.54, 1.807) is 11.3 Å². The van der Waals surface area contributed by atoms with E-state index in [2.05, 4.69) is 25.2 Å². The largest absolute Gasteiger partial charge is 0.483 e. The van der Waals surface area contributed by atoms with E-state index in [0.717, 1.165) is 24.2 Å². The van der Waals surface area contributed by atoms with Gasteiger partial charge in [-0.2, -0.15) is 0 Å². The average Bonchev–Trinajstić information content (AvgIpc) is 3.10. The molecule has 0 aliphatic carbocycles. The minimum absolute atomic E-state index is 0.00494. The van der Waals surface area contributed by atoms with E-state index in [1.165, 1.54) is 4.88 Å². The Bertz CT molecular complexity index is 709. The van der Waals surface area contributed by atoms with Crippen molar-refractivity contribution in [1.29, 1.82) is 0 Å². The summed E-state index contributed by atoms with van der Waals surface area (Å²) in [6.07, 6.45) is 1.69. The lowest BCUT2D eigenvalue weighted by Gasteiger charge is -2.18. The fourth-order valence-corrected chi connectivity index (χ4v) is 3.78. The quantitative estimate of drug-likeness (QED) is 0.870. The van der Waals surface area contributed by atoms with Crippen LogP contribution in [0.5, 0.6) is 11.5 Å². The summed E-state index contributed by atoms with van der Waals surface area (Å²) in [7, 11) is 0. The van der Waals surface area contributed by atoms with Crippen LogP contribution in [0.15, 0.2) is 35.7 Å². The Labute approximate surface area is 146 Å². The molecule has 5 heteroatoms. The maximum Gasteiger partial charge on any atom is 0.258 e. The van der Waals surface area contributed by atoms with Crippen LogP contribution in [-0.4, -0.2) is 24.2 Å². The van der Waals surface area contributed by atoms with Crippen LogP contribution >= 0.6 is 11.3 Å². The fraction of sp³-hybridized carbons (Fsp3) is 0.421. The highest BCUT2D eigenvalue weighted by Gasteiger charge is 2.32. The Kier molecular flexibility index (Phi) is 4.81. The number of benzene rings is 1. The molecule has 0 unspecified atom stereocenters. The molecule has 0 saturated heterocycles. The number of rotatable bonds is 6. The molecule has 2 heterocycles. The van der Waals surface area contributed by atoms with Gasteiger partial charge in [-0.05, 0) is 38.3 Å². The second-order valence-corrected chi connectivity index (χ2v) is 7.86. The van der Waals surface area contributed by atoms with Gasteiger partial charge < -0.3 is 14.8 Å². The molecular weight excluding hydrogens is 322 g/mol. The molecule has 2 aromatic rings. The summed E-state index contributed by atoms with van der Waals surface area (Å²) in [6, 6.07) is 10.0. The zero-order chi connectivity index (χ0) is 17.2.